The molecule has 0 radical (unpaired) electrons. The summed E-state index contributed by atoms with van der Waals surface area (Å²) in [6, 6.07) is 11.0. The van der Waals surface area contributed by atoms with Gasteiger partial charge in [-0.1, -0.05) is 29.8 Å². The molecule has 2 saturated heterocycles. The van der Waals surface area contributed by atoms with E-state index in [-0.39, 0.29) is 29.5 Å². The molecule has 2 aliphatic rings. The molecule has 0 bridgehead atoms. The molecule has 0 aromatic heterocycles. The van der Waals surface area contributed by atoms with Gasteiger partial charge >= 0.3 is 0 Å². The van der Waals surface area contributed by atoms with Crippen LogP contribution in [0, 0.1) is 0 Å². The lowest BCUT2D eigenvalue weighted by atomic mass is 9.94. The summed E-state index contributed by atoms with van der Waals surface area (Å²) in [6.45, 7) is 0.852. The molecule has 1 amide bonds. The number of rotatable bonds is 6. The first-order chi connectivity index (χ1) is 15.5. The predicted molar refractivity (Wildman–Crippen MR) is 119 cm³/mol. The van der Waals surface area contributed by atoms with Gasteiger partial charge in [0.2, 0.25) is 0 Å². The van der Waals surface area contributed by atoms with E-state index in [9.17, 15) is 14.7 Å². The number of nitrogens with zero attached hydrogens (tertiary/aromatic N) is 1. The summed E-state index contributed by atoms with van der Waals surface area (Å²) in [5.41, 5.74) is 0.780. The van der Waals surface area contributed by atoms with Crippen LogP contribution < -0.4 is 9.47 Å². The molecular formula is C24H24ClNO6. The number of hydrogen-bond acceptors (Lipinski definition) is 6. The van der Waals surface area contributed by atoms with Crippen molar-refractivity contribution in [1.29, 1.82) is 0 Å². The largest absolute Gasteiger partial charge is 0.507 e. The van der Waals surface area contributed by atoms with Crippen molar-refractivity contribution in [3.05, 3.63) is 64.2 Å². The van der Waals surface area contributed by atoms with Gasteiger partial charge in [-0.15, -0.1) is 0 Å². The van der Waals surface area contributed by atoms with Gasteiger partial charge in [-0.05, 0) is 37.1 Å². The van der Waals surface area contributed by atoms with Gasteiger partial charge in [-0.3, -0.25) is 9.59 Å². The monoisotopic (exact) mass is 457 g/mol. The van der Waals surface area contributed by atoms with Crippen LogP contribution in [0.4, 0.5) is 0 Å². The fraction of sp³-hybridized carbons (Fsp3) is 0.333. The molecule has 2 heterocycles. The van der Waals surface area contributed by atoms with Crippen LogP contribution in [0.1, 0.15) is 30.0 Å². The van der Waals surface area contributed by atoms with E-state index < -0.39 is 17.7 Å². The molecule has 2 fully saturated rings. The maximum atomic E-state index is 13.2. The Morgan fingerprint density at radius 3 is 2.59 bits per heavy atom. The van der Waals surface area contributed by atoms with Gasteiger partial charge < -0.3 is 24.2 Å². The topological polar surface area (TPSA) is 85.3 Å². The zero-order valence-electron chi connectivity index (χ0n) is 17.8. The number of Topliss-reactive ketones (excluding diaryl/α,β-unsaturated/α-hetero) is 1. The molecule has 0 spiro atoms. The molecule has 4 rings (SSSR count). The van der Waals surface area contributed by atoms with Crippen molar-refractivity contribution in [1.82, 2.24) is 4.90 Å². The number of methoxy groups -OCH3 is 2. The highest BCUT2D eigenvalue weighted by molar-refractivity contribution is 6.46. The second kappa shape index (κ2) is 9.22. The third-order valence-electron chi connectivity index (χ3n) is 5.81. The predicted octanol–water partition coefficient (Wildman–Crippen LogP) is 3.96. The summed E-state index contributed by atoms with van der Waals surface area (Å²) in [6.07, 6.45) is 1.52. The number of carbonyl (C=O) groups is 2. The molecule has 32 heavy (non-hydrogen) atoms. The van der Waals surface area contributed by atoms with Crippen LogP contribution in [-0.2, 0) is 14.3 Å². The second-order valence-corrected chi connectivity index (χ2v) is 8.11. The third-order valence-corrected chi connectivity index (χ3v) is 6.05. The van der Waals surface area contributed by atoms with Crippen LogP contribution in [-0.4, -0.2) is 55.2 Å². The molecule has 2 unspecified atom stereocenters. The lowest BCUT2D eigenvalue weighted by Gasteiger charge is -2.28. The molecule has 7 nitrogen and oxygen atoms in total. The normalized spacial score (nSPS) is 22.4. The van der Waals surface area contributed by atoms with Gasteiger partial charge in [-0.25, -0.2) is 0 Å². The van der Waals surface area contributed by atoms with Crippen molar-refractivity contribution < 1.29 is 28.9 Å². The maximum absolute atomic E-state index is 13.2. The minimum Gasteiger partial charge on any atom is -0.507 e. The Morgan fingerprint density at radius 1 is 1.16 bits per heavy atom. The van der Waals surface area contributed by atoms with Gasteiger partial charge in [0.1, 0.15) is 17.3 Å². The van der Waals surface area contributed by atoms with Crippen LogP contribution in [0.5, 0.6) is 11.5 Å². The standard InChI is InChI=1S/C24H24ClNO6/c1-30-18-8-4-3-7-16(18)21-20(22(27)17-12-14(25)9-10-19(17)31-2)23(28)24(29)26(21)13-15-6-5-11-32-15/h3-4,7-10,12,15,21,27H,5-6,11,13H2,1-2H3/b22-20+. The first-order valence-electron chi connectivity index (χ1n) is 10.3. The average molecular weight is 458 g/mol. The van der Waals surface area contributed by atoms with Crippen molar-refractivity contribution in [3.63, 3.8) is 0 Å². The lowest BCUT2D eigenvalue weighted by molar-refractivity contribution is -0.140. The van der Waals surface area contributed by atoms with Gasteiger partial charge in [0.05, 0.1) is 37.5 Å². The minimum absolute atomic E-state index is 0.0435. The number of benzene rings is 2. The Labute approximate surface area is 191 Å². The van der Waals surface area contributed by atoms with Gasteiger partial charge in [-0.2, -0.15) is 0 Å². The van der Waals surface area contributed by atoms with Crippen molar-refractivity contribution >= 4 is 29.1 Å². The summed E-state index contributed by atoms with van der Waals surface area (Å²) >= 11 is 6.14. The Hall–Kier alpha value is -3.03. The van der Waals surface area contributed by atoms with E-state index in [2.05, 4.69) is 0 Å². The van der Waals surface area contributed by atoms with Crippen LogP contribution in [0.2, 0.25) is 5.02 Å². The maximum Gasteiger partial charge on any atom is 0.295 e. The molecule has 8 heteroatoms. The van der Waals surface area contributed by atoms with Crippen molar-refractivity contribution in [2.45, 2.75) is 25.0 Å². The Balaban J connectivity index is 1.91. The van der Waals surface area contributed by atoms with Gasteiger partial charge in [0, 0.05) is 23.7 Å². The van der Waals surface area contributed by atoms with E-state index in [4.69, 9.17) is 25.8 Å². The molecule has 168 valence electrons. The summed E-state index contributed by atoms with van der Waals surface area (Å²) < 4.78 is 16.6. The number of aliphatic hydroxyl groups excluding tert-OH is 1. The van der Waals surface area contributed by atoms with E-state index in [0.29, 0.717) is 28.7 Å². The summed E-state index contributed by atoms with van der Waals surface area (Å²) in [5, 5.41) is 11.6. The molecule has 2 aromatic rings. The smallest absolute Gasteiger partial charge is 0.295 e. The first kappa shape index (κ1) is 22.2. The third kappa shape index (κ3) is 3.94. The number of hydrogen-bond donors (Lipinski definition) is 1. The van der Waals surface area contributed by atoms with Crippen LogP contribution in [0.3, 0.4) is 0 Å². The zero-order chi connectivity index (χ0) is 22.8. The minimum atomic E-state index is -0.848. The highest BCUT2D eigenvalue weighted by Crippen LogP contribution is 2.44. The van der Waals surface area contributed by atoms with Gasteiger partial charge in [0.15, 0.2) is 0 Å². The fourth-order valence-corrected chi connectivity index (χ4v) is 4.47. The summed E-state index contributed by atoms with van der Waals surface area (Å²) in [4.78, 5) is 27.8. The number of halogens is 1. The van der Waals surface area contributed by atoms with Gasteiger partial charge in [0.25, 0.3) is 11.7 Å². The number of ketones is 1. The summed E-state index contributed by atoms with van der Waals surface area (Å²) in [5.74, 6) is -0.998. The molecule has 0 saturated carbocycles. The Bertz CT molecular complexity index is 1080. The highest BCUT2D eigenvalue weighted by atomic mass is 35.5. The lowest BCUT2D eigenvalue weighted by Crippen LogP contribution is -2.36. The van der Waals surface area contributed by atoms with Crippen LogP contribution in [0.25, 0.3) is 5.76 Å². The number of carbonyl (C=O) groups excluding carboxylic acids is 2. The highest BCUT2D eigenvalue weighted by Gasteiger charge is 2.48. The molecule has 2 aromatic carbocycles. The average Bonchev–Trinajstić information content (AvgIpc) is 3.41. The fourth-order valence-electron chi connectivity index (χ4n) is 4.30. The SMILES string of the molecule is COc1ccc(Cl)cc1/C(O)=C1\C(=O)C(=O)N(CC2CCCO2)C1c1ccccc1OC. The molecule has 1 N–H and O–H groups in total. The number of para-hydroxylation sites is 1. The molecule has 2 aliphatic heterocycles. The number of likely N-dealkylation sites (tertiary alicyclic amines) is 1. The zero-order valence-corrected chi connectivity index (χ0v) is 18.6. The molecular weight excluding hydrogens is 434 g/mol. The first-order valence-corrected chi connectivity index (χ1v) is 10.7. The second-order valence-electron chi connectivity index (χ2n) is 7.67. The van der Waals surface area contributed by atoms with Crippen molar-refractivity contribution in [2.75, 3.05) is 27.4 Å². The Morgan fingerprint density at radius 2 is 1.91 bits per heavy atom. The van der Waals surface area contributed by atoms with E-state index >= 15 is 0 Å². The number of amides is 1. The number of ether oxygens (including phenoxy) is 3. The number of aliphatic hydroxyl groups is 1. The van der Waals surface area contributed by atoms with Crippen LogP contribution in [0.15, 0.2) is 48.0 Å². The quantitative estimate of drug-likeness (QED) is 0.401. The molecule has 2 atom stereocenters. The van der Waals surface area contributed by atoms with E-state index in [1.807, 2.05) is 0 Å². The van der Waals surface area contributed by atoms with E-state index in [1.165, 1.54) is 25.2 Å². The van der Waals surface area contributed by atoms with E-state index in [0.717, 1.165) is 12.8 Å². The van der Waals surface area contributed by atoms with E-state index in [1.54, 1.807) is 36.4 Å². The molecule has 0 aliphatic carbocycles. The van der Waals surface area contributed by atoms with Crippen molar-refractivity contribution in [3.8, 4) is 11.5 Å². The van der Waals surface area contributed by atoms with Crippen molar-refractivity contribution in [2.24, 2.45) is 0 Å². The van der Waals surface area contributed by atoms with Crippen LogP contribution >= 0.6 is 11.6 Å². The summed E-state index contributed by atoms with van der Waals surface area (Å²) in [7, 11) is 2.97. The Kier molecular flexibility index (Phi) is 6.39.